The van der Waals surface area contributed by atoms with Crippen LogP contribution in [0.25, 0.3) is 0 Å². The number of carbonyl (C=O) groups is 2. The Bertz CT molecular complexity index is 1090. The molecule has 0 aliphatic carbocycles. The van der Waals surface area contributed by atoms with Gasteiger partial charge in [0.1, 0.15) is 0 Å². The molecule has 1 amide bonds. The molecule has 1 aliphatic rings. The van der Waals surface area contributed by atoms with Crippen molar-refractivity contribution in [3.05, 3.63) is 94.5 Å². The van der Waals surface area contributed by atoms with E-state index < -0.39 is 16.8 Å². The van der Waals surface area contributed by atoms with Gasteiger partial charge in [-0.3, -0.25) is 9.59 Å². The van der Waals surface area contributed by atoms with E-state index >= 15 is 0 Å². The molecular formula is C25H22BrNO3S. The first kappa shape index (κ1) is 21.7. The van der Waals surface area contributed by atoms with Crippen LogP contribution in [0.15, 0.2) is 88.2 Å². The Labute approximate surface area is 194 Å². The van der Waals surface area contributed by atoms with E-state index in [2.05, 4.69) is 15.9 Å². The number of aryl methyl sites for hydroxylation is 1. The molecule has 158 valence electrons. The van der Waals surface area contributed by atoms with E-state index in [1.54, 1.807) is 4.90 Å². The Hall–Kier alpha value is -2.57. The molecular weight excluding hydrogens is 474 g/mol. The van der Waals surface area contributed by atoms with Crippen LogP contribution in [-0.4, -0.2) is 23.7 Å². The zero-order valence-corrected chi connectivity index (χ0v) is 19.7. The molecule has 2 atom stereocenters. The number of nitrogens with zero attached hydrogens (tertiary/aromatic N) is 1. The fraction of sp³-hybridized carbons (Fsp3) is 0.200. The highest BCUT2D eigenvalue weighted by Gasteiger charge is 2.59. The van der Waals surface area contributed by atoms with Gasteiger partial charge >= 0.3 is 5.97 Å². The van der Waals surface area contributed by atoms with E-state index in [1.165, 1.54) is 18.9 Å². The van der Waals surface area contributed by atoms with Gasteiger partial charge in [-0.25, -0.2) is 0 Å². The van der Waals surface area contributed by atoms with E-state index in [-0.39, 0.29) is 12.3 Å². The quantitative estimate of drug-likeness (QED) is 0.411. The molecule has 4 rings (SSSR count). The third-order valence-electron chi connectivity index (χ3n) is 5.45. The number of rotatable bonds is 5. The third-order valence-corrected chi connectivity index (χ3v) is 7.39. The Kier molecular flexibility index (Phi) is 6.21. The average Bonchev–Trinajstić information content (AvgIpc) is 3.08. The summed E-state index contributed by atoms with van der Waals surface area (Å²) in [7, 11) is 1.38. The van der Waals surface area contributed by atoms with Crippen molar-refractivity contribution in [2.24, 2.45) is 0 Å². The highest BCUT2D eigenvalue weighted by molar-refractivity contribution is 9.10. The van der Waals surface area contributed by atoms with E-state index in [0.717, 1.165) is 26.2 Å². The van der Waals surface area contributed by atoms with Crippen molar-refractivity contribution in [3.63, 3.8) is 0 Å². The molecule has 31 heavy (non-hydrogen) atoms. The minimum absolute atomic E-state index is 0.0494. The maximum absolute atomic E-state index is 13.4. The summed E-state index contributed by atoms with van der Waals surface area (Å²) in [5.74, 6) is -0.513. The van der Waals surface area contributed by atoms with Crippen molar-refractivity contribution < 1.29 is 14.3 Å². The van der Waals surface area contributed by atoms with Gasteiger partial charge in [-0.15, -0.1) is 11.8 Å². The summed E-state index contributed by atoms with van der Waals surface area (Å²) in [6.07, 6.45) is 0.0494. The second-order valence-electron chi connectivity index (χ2n) is 7.53. The Morgan fingerprint density at radius 2 is 1.68 bits per heavy atom. The predicted octanol–water partition coefficient (Wildman–Crippen LogP) is 5.94. The Morgan fingerprint density at radius 3 is 2.29 bits per heavy atom. The van der Waals surface area contributed by atoms with Gasteiger partial charge in [0.15, 0.2) is 4.75 Å². The Balaban J connectivity index is 1.89. The molecule has 0 N–H and O–H groups in total. The van der Waals surface area contributed by atoms with E-state index in [1.807, 2.05) is 85.8 Å². The van der Waals surface area contributed by atoms with Crippen LogP contribution in [0.3, 0.4) is 0 Å². The summed E-state index contributed by atoms with van der Waals surface area (Å²) in [4.78, 5) is 29.4. The second kappa shape index (κ2) is 8.89. The molecule has 0 bridgehead atoms. The maximum atomic E-state index is 13.4. The molecule has 0 radical (unpaired) electrons. The molecule has 4 nitrogen and oxygen atoms in total. The van der Waals surface area contributed by atoms with Crippen molar-refractivity contribution in [3.8, 4) is 0 Å². The Morgan fingerprint density at radius 1 is 1.03 bits per heavy atom. The van der Waals surface area contributed by atoms with Crippen LogP contribution in [0.4, 0.5) is 5.69 Å². The third kappa shape index (κ3) is 4.14. The number of amides is 1. The monoisotopic (exact) mass is 495 g/mol. The molecule has 0 saturated carbocycles. The predicted molar refractivity (Wildman–Crippen MR) is 127 cm³/mol. The minimum Gasteiger partial charge on any atom is -0.468 e. The van der Waals surface area contributed by atoms with Gasteiger partial charge in [0.2, 0.25) is 5.91 Å². The second-order valence-corrected chi connectivity index (χ2v) is 9.85. The number of carbonyl (C=O) groups excluding carboxylic acids is 2. The molecule has 1 fully saturated rings. The maximum Gasteiger partial charge on any atom is 0.325 e. The standard InChI is InChI=1S/C25H22BrNO3S/c1-17-8-14-21(15-9-17)31-25(24(29)30-2)16-22(28)27(20-12-10-19(26)11-13-20)23(25)18-6-4-3-5-7-18/h3-15,23H,16H2,1-2H3/t23-,25-/m1/s1. The summed E-state index contributed by atoms with van der Waals surface area (Å²) in [6, 6.07) is 24.8. The number of ether oxygens (including phenoxy) is 1. The summed E-state index contributed by atoms with van der Waals surface area (Å²) < 4.78 is 5.10. The van der Waals surface area contributed by atoms with Crippen molar-refractivity contribution in [2.75, 3.05) is 12.0 Å². The highest BCUT2D eigenvalue weighted by atomic mass is 79.9. The van der Waals surface area contributed by atoms with Crippen LogP contribution in [0.2, 0.25) is 0 Å². The van der Waals surface area contributed by atoms with Crippen molar-refractivity contribution >= 4 is 45.3 Å². The number of hydrogen-bond donors (Lipinski definition) is 0. The van der Waals surface area contributed by atoms with Crippen molar-refractivity contribution in [1.29, 1.82) is 0 Å². The average molecular weight is 496 g/mol. The van der Waals surface area contributed by atoms with Crippen molar-refractivity contribution in [2.45, 2.75) is 29.0 Å². The lowest BCUT2D eigenvalue weighted by Gasteiger charge is -2.35. The van der Waals surface area contributed by atoms with Crippen LogP contribution >= 0.6 is 27.7 Å². The summed E-state index contributed by atoms with van der Waals surface area (Å²) in [6.45, 7) is 2.02. The first-order valence-electron chi connectivity index (χ1n) is 9.91. The highest BCUT2D eigenvalue weighted by Crippen LogP contribution is 2.54. The van der Waals surface area contributed by atoms with Crippen LogP contribution < -0.4 is 4.90 Å². The topological polar surface area (TPSA) is 46.6 Å². The molecule has 1 saturated heterocycles. The van der Waals surface area contributed by atoms with Gasteiger partial charge < -0.3 is 9.64 Å². The van der Waals surface area contributed by atoms with Gasteiger partial charge in [0.25, 0.3) is 0 Å². The van der Waals surface area contributed by atoms with Crippen LogP contribution in [0.1, 0.15) is 23.6 Å². The number of hydrogen-bond acceptors (Lipinski definition) is 4. The fourth-order valence-corrected chi connectivity index (χ4v) is 5.69. The number of halogens is 1. The van der Waals surface area contributed by atoms with Crippen LogP contribution in [-0.2, 0) is 14.3 Å². The molecule has 3 aromatic carbocycles. The summed E-state index contributed by atoms with van der Waals surface area (Å²) >= 11 is 4.86. The molecule has 1 heterocycles. The number of thioether (sulfide) groups is 1. The molecule has 0 aromatic heterocycles. The zero-order chi connectivity index (χ0) is 22.0. The zero-order valence-electron chi connectivity index (χ0n) is 17.2. The first-order chi connectivity index (χ1) is 14.9. The fourth-order valence-electron chi connectivity index (χ4n) is 4.01. The molecule has 6 heteroatoms. The van der Waals surface area contributed by atoms with E-state index in [4.69, 9.17) is 4.74 Å². The number of benzene rings is 3. The van der Waals surface area contributed by atoms with Gasteiger partial charge in [-0.2, -0.15) is 0 Å². The minimum atomic E-state index is -1.12. The smallest absolute Gasteiger partial charge is 0.325 e. The molecule has 0 spiro atoms. The summed E-state index contributed by atoms with van der Waals surface area (Å²) in [5.41, 5.74) is 2.77. The lowest BCUT2D eigenvalue weighted by atomic mass is 9.92. The molecule has 1 aliphatic heterocycles. The van der Waals surface area contributed by atoms with Gasteiger partial charge in [-0.1, -0.05) is 64.0 Å². The van der Waals surface area contributed by atoms with E-state index in [0.29, 0.717) is 0 Å². The van der Waals surface area contributed by atoms with Gasteiger partial charge in [0, 0.05) is 15.1 Å². The molecule has 0 unspecified atom stereocenters. The van der Waals surface area contributed by atoms with Gasteiger partial charge in [-0.05, 0) is 48.9 Å². The van der Waals surface area contributed by atoms with Crippen molar-refractivity contribution in [1.82, 2.24) is 0 Å². The van der Waals surface area contributed by atoms with Crippen LogP contribution in [0.5, 0.6) is 0 Å². The molecule has 3 aromatic rings. The van der Waals surface area contributed by atoms with Crippen LogP contribution in [0, 0.1) is 6.92 Å². The number of esters is 1. The first-order valence-corrected chi connectivity index (χ1v) is 11.5. The lowest BCUT2D eigenvalue weighted by molar-refractivity contribution is -0.144. The lowest BCUT2D eigenvalue weighted by Crippen LogP contribution is -2.42. The number of methoxy groups -OCH3 is 1. The number of anilines is 1. The SMILES string of the molecule is COC(=O)[C@@]1(Sc2ccc(C)cc2)CC(=O)N(c2ccc(Br)cc2)[C@@H]1c1ccccc1. The largest absolute Gasteiger partial charge is 0.468 e. The van der Waals surface area contributed by atoms with E-state index in [9.17, 15) is 9.59 Å². The normalized spacial score (nSPS) is 20.7. The summed E-state index contributed by atoms with van der Waals surface area (Å²) in [5, 5.41) is 0. The van der Waals surface area contributed by atoms with Gasteiger partial charge in [0.05, 0.1) is 19.6 Å².